The van der Waals surface area contributed by atoms with Gasteiger partial charge in [-0.25, -0.2) is 0 Å². The minimum atomic E-state index is -4.64. The molecule has 0 amide bonds. The standard InChI is InChI=1S/C11H11F3N2O3/c12-11(13,14)7-3-8(16(17)18)5-10(4-7)19-9-1-2-15-6-9/h3-5,9,15H,1-2,6H2. The van der Waals surface area contributed by atoms with Gasteiger partial charge in [-0.1, -0.05) is 0 Å². The molecule has 1 aromatic rings. The van der Waals surface area contributed by atoms with Crippen LogP contribution in [0.25, 0.3) is 0 Å². The zero-order chi connectivity index (χ0) is 14.0. The lowest BCUT2D eigenvalue weighted by molar-refractivity contribution is -0.385. The minimum Gasteiger partial charge on any atom is -0.489 e. The fourth-order valence-electron chi connectivity index (χ4n) is 1.84. The maximum absolute atomic E-state index is 12.6. The van der Waals surface area contributed by atoms with Crippen molar-refractivity contribution in [3.05, 3.63) is 33.9 Å². The van der Waals surface area contributed by atoms with Crippen molar-refractivity contribution in [2.24, 2.45) is 0 Å². The summed E-state index contributed by atoms with van der Waals surface area (Å²) in [4.78, 5) is 9.77. The van der Waals surface area contributed by atoms with Crippen LogP contribution < -0.4 is 10.1 Å². The van der Waals surface area contributed by atoms with Gasteiger partial charge in [0.25, 0.3) is 5.69 Å². The van der Waals surface area contributed by atoms with Crippen LogP contribution in [0.3, 0.4) is 0 Å². The van der Waals surface area contributed by atoms with E-state index in [-0.39, 0.29) is 11.9 Å². The van der Waals surface area contributed by atoms with Crippen LogP contribution in [-0.2, 0) is 6.18 Å². The topological polar surface area (TPSA) is 64.4 Å². The van der Waals surface area contributed by atoms with Crippen molar-refractivity contribution in [1.29, 1.82) is 0 Å². The first-order chi connectivity index (χ1) is 8.86. The number of hydrogen-bond acceptors (Lipinski definition) is 4. The molecule has 0 radical (unpaired) electrons. The summed E-state index contributed by atoms with van der Waals surface area (Å²) in [5, 5.41) is 13.6. The van der Waals surface area contributed by atoms with Crippen LogP contribution in [0.15, 0.2) is 18.2 Å². The Balaban J connectivity index is 2.31. The van der Waals surface area contributed by atoms with Crippen molar-refractivity contribution in [2.75, 3.05) is 13.1 Å². The summed E-state index contributed by atoms with van der Waals surface area (Å²) in [6, 6.07) is 2.29. The second kappa shape index (κ2) is 5.04. The number of alkyl halides is 3. The van der Waals surface area contributed by atoms with Crippen LogP contribution in [0.5, 0.6) is 5.75 Å². The normalized spacial score (nSPS) is 19.4. The highest BCUT2D eigenvalue weighted by Crippen LogP contribution is 2.35. The molecular weight excluding hydrogens is 265 g/mol. The molecule has 1 aliphatic rings. The summed E-state index contributed by atoms with van der Waals surface area (Å²) < 4.78 is 43.2. The molecule has 0 aliphatic carbocycles. The predicted molar refractivity (Wildman–Crippen MR) is 60.0 cm³/mol. The van der Waals surface area contributed by atoms with Gasteiger partial charge in [-0.2, -0.15) is 13.2 Å². The Morgan fingerprint density at radius 1 is 1.37 bits per heavy atom. The largest absolute Gasteiger partial charge is 0.489 e. The number of nitrogens with zero attached hydrogens (tertiary/aromatic N) is 1. The van der Waals surface area contributed by atoms with Gasteiger partial charge in [-0.15, -0.1) is 0 Å². The lowest BCUT2D eigenvalue weighted by Gasteiger charge is -2.14. The van der Waals surface area contributed by atoms with Crippen molar-refractivity contribution < 1.29 is 22.8 Å². The minimum absolute atomic E-state index is 0.129. The van der Waals surface area contributed by atoms with Gasteiger partial charge in [0.05, 0.1) is 16.6 Å². The van der Waals surface area contributed by atoms with Gasteiger partial charge in [-0.05, 0) is 19.0 Å². The molecule has 1 saturated heterocycles. The number of benzene rings is 1. The van der Waals surface area contributed by atoms with E-state index in [0.717, 1.165) is 12.1 Å². The van der Waals surface area contributed by atoms with Gasteiger partial charge >= 0.3 is 6.18 Å². The molecule has 19 heavy (non-hydrogen) atoms. The monoisotopic (exact) mass is 276 g/mol. The molecule has 0 aromatic heterocycles. The van der Waals surface area contributed by atoms with Crippen molar-refractivity contribution in [2.45, 2.75) is 18.7 Å². The molecule has 1 fully saturated rings. The maximum Gasteiger partial charge on any atom is 0.416 e. The van der Waals surface area contributed by atoms with E-state index in [2.05, 4.69) is 5.32 Å². The molecule has 104 valence electrons. The fourth-order valence-corrected chi connectivity index (χ4v) is 1.84. The van der Waals surface area contributed by atoms with Crippen molar-refractivity contribution in [1.82, 2.24) is 5.32 Å². The molecule has 0 bridgehead atoms. The molecule has 5 nitrogen and oxygen atoms in total. The van der Waals surface area contributed by atoms with E-state index in [9.17, 15) is 23.3 Å². The number of rotatable bonds is 3. The quantitative estimate of drug-likeness (QED) is 0.680. The molecule has 1 heterocycles. The highest BCUT2D eigenvalue weighted by atomic mass is 19.4. The molecule has 1 unspecified atom stereocenters. The van der Waals surface area contributed by atoms with Gasteiger partial charge in [-0.3, -0.25) is 10.1 Å². The third-order valence-electron chi connectivity index (χ3n) is 2.75. The van der Waals surface area contributed by atoms with Crippen LogP contribution in [0.4, 0.5) is 18.9 Å². The van der Waals surface area contributed by atoms with E-state index >= 15 is 0 Å². The Morgan fingerprint density at radius 3 is 2.63 bits per heavy atom. The molecule has 1 aromatic carbocycles. The van der Waals surface area contributed by atoms with E-state index in [0.29, 0.717) is 25.6 Å². The first-order valence-corrected chi connectivity index (χ1v) is 5.60. The van der Waals surface area contributed by atoms with Crippen molar-refractivity contribution in [3.8, 4) is 5.75 Å². The second-order valence-electron chi connectivity index (χ2n) is 4.20. The number of hydrogen-bond donors (Lipinski definition) is 1. The van der Waals surface area contributed by atoms with Crippen LogP contribution in [-0.4, -0.2) is 24.1 Å². The zero-order valence-electron chi connectivity index (χ0n) is 9.74. The van der Waals surface area contributed by atoms with Gasteiger partial charge in [0.1, 0.15) is 11.9 Å². The van der Waals surface area contributed by atoms with Crippen LogP contribution in [0.1, 0.15) is 12.0 Å². The molecule has 1 atom stereocenters. The van der Waals surface area contributed by atoms with Gasteiger partial charge < -0.3 is 10.1 Å². The zero-order valence-corrected chi connectivity index (χ0v) is 9.74. The Kier molecular flexibility index (Phi) is 3.61. The molecular formula is C11H11F3N2O3. The summed E-state index contributed by atoms with van der Waals surface area (Å²) in [6.45, 7) is 1.23. The fraction of sp³-hybridized carbons (Fsp3) is 0.455. The third-order valence-corrected chi connectivity index (χ3v) is 2.75. The van der Waals surface area contributed by atoms with Gasteiger partial charge in [0.2, 0.25) is 0 Å². The summed E-state index contributed by atoms with van der Waals surface area (Å²) in [5.74, 6) is -0.129. The predicted octanol–water partition coefficient (Wildman–Crippen LogP) is 2.35. The first-order valence-electron chi connectivity index (χ1n) is 5.60. The molecule has 1 aliphatic heterocycles. The van der Waals surface area contributed by atoms with E-state index in [1.165, 1.54) is 0 Å². The van der Waals surface area contributed by atoms with E-state index in [4.69, 9.17) is 4.74 Å². The average Bonchev–Trinajstić information content (AvgIpc) is 2.80. The summed E-state index contributed by atoms with van der Waals surface area (Å²) in [7, 11) is 0. The number of nitro benzene ring substituents is 1. The molecule has 2 rings (SSSR count). The Hall–Kier alpha value is -1.83. The summed E-state index contributed by atoms with van der Waals surface area (Å²) in [6.07, 6.45) is -4.25. The van der Waals surface area contributed by atoms with Crippen molar-refractivity contribution in [3.63, 3.8) is 0 Å². The highest BCUT2D eigenvalue weighted by molar-refractivity contribution is 5.44. The molecule has 8 heteroatoms. The third kappa shape index (κ3) is 3.34. The Bertz CT molecular complexity index is 485. The number of ether oxygens (including phenoxy) is 1. The number of halogens is 3. The number of nitro groups is 1. The maximum atomic E-state index is 12.6. The van der Waals surface area contributed by atoms with Gasteiger partial charge in [0, 0.05) is 12.6 Å². The van der Waals surface area contributed by atoms with Gasteiger partial charge in [0.15, 0.2) is 0 Å². The first kappa shape index (κ1) is 13.6. The van der Waals surface area contributed by atoms with E-state index < -0.39 is 22.4 Å². The van der Waals surface area contributed by atoms with Crippen LogP contribution >= 0.6 is 0 Å². The lowest BCUT2D eigenvalue weighted by atomic mass is 10.2. The Morgan fingerprint density at radius 2 is 2.11 bits per heavy atom. The molecule has 0 spiro atoms. The second-order valence-corrected chi connectivity index (χ2v) is 4.20. The average molecular weight is 276 g/mol. The number of non-ortho nitro benzene ring substituents is 1. The van der Waals surface area contributed by atoms with E-state index in [1.54, 1.807) is 0 Å². The molecule has 1 N–H and O–H groups in total. The van der Waals surface area contributed by atoms with Crippen LogP contribution in [0, 0.1) is 10.1 Å². The highest BCUT2D eigenvalue weighted by Gasteiger charge is 2.33. The van der Waals surface area contributed by atoms with E-state index in [1.807, 2.05) is 0 Å². The lowest BCUT2D eigenvalue weighted by Crippen LogP contribution is -2.20. The van der Waals surface area contributed by atoms with Crippen LogP contribution in [0.2, 0.25) is 0 Å². The SMILES string of the molecule is O=[N+]([O-])c1cc(OC2CCNC2)cc(C(F)(F)F)c1. The Labute approximate surface area is 106 Å². The molecule has 0 saturated carbocycles. The smallest absolute Gasteiger partial charge is 0.416 e. The summed E-state index contributed by atoms with van der Waals surface area (Å²) in [5.41, 5.74) is -1.71. The number of nitrogens with one attached hydrogen (secondary N) is 1. The van der Waals surface area contributed by atoms with Crippen molar-refractivity contribution >= 4 is 5.69 Å². The summed E-state index contributed by atoms with van der Waals surface area (Å²) >= 11 is 0.